The van der Waals surface area contributed by atoms with Gasteiger partial charge >= 0.3 is 11.9 Å². The second kappa shape index (κ2) is 9.03. The van der Waals surface area contributed by atoms with Gasteiger partial charge in [0.1, 0.15) is 6.42 Å². The molecule has 1 aromatic rings. The maximum Gasteiger partial charge on any atom is 0.314 e. The Balaban J connectivity index is 0.000000246. The lowest BCUT2D eigenvalue weighted by Gasteiger charge is -2.14. The lowest BCUT2D eigenvalue weighted by atomic mass is 10.2. The fourth-order valence-corrected chi connectivity index (χ4v) is 3.60. The van der Waals surface area contributed by atoms with Gasteiger partial charge in [-0.15, -0.1) is 0 Å². The molecule has 0 radical (unpaired) electrons. The first-order valence-corrected chi connectivity index (χ1v) is 8.09. The molecular weight excluding hydrogens is 276 g/mol. The molecule has 0 spiro atoms. The van der Waals surface area contributed by atoms with Crippen LogP contribution >= 0.6 is 0 Å². The highest BCUT2D eigenvalue weighted by molar-refractivity contribution is 6.62. The van der Waals surface area contributed by atoms with E-state index in [1.807, 2.05) is 0 Å². The summed E-state index contributed by atoms with van der Waals surface area (Å²) in [7, 11) is -0.625. The van der Waals surface area contributed by atoms with Crippen LogP contribution in [0.5, 0.6) is 0 Å². The Hall–Kier alpha value is -1.95. The Morgan fingerprint density at radius 2 is 1.80 bits per heavy atom. The van der Waals surface area contributed by atoms with Crippen molar-refractivity contribution in [3.8, 4) is 0 Å². The van der Waals surface area contributed by atoms with Crippen LogP contribution in [0.25, 0.3) is 0 Å². The van der Waals surface area contributed by atoms with Gasteiger partial charge in [-0.25, -0.2) is 0 Å². The number of hydrogen-bond donors (Lipinski definition) is 2. The van der Waals surface area contributed by atoms with Gasteiger partial charge in [0.25, 0.3) is 0 Å². The summed E-state index contributed by atoms with van der Waals surface area (Å²) in [6.45, 7) is 0.970. The van der Waals surface area contributed by atoms with Gasteiger partial charge in [0, 0.05) is 0 Å². The number of benzene rings is 1. The molecule has 0 amide bonds. The molecule has 2 rings (SSSR count). The molecule has 6 heteroatoms. The molecular formula is C14H18O5Si. The quantitative estimate of drug-likeness (QED) is 0.655. The zero-order valence-electron chi connectivity index (χ0n) is 11.1. The molecule has 1 heterocycles. The molecule has 0 unspecified atom stereocenters. The van der Waals surface area contributed by atoms with Gasteiger partial charge in [-0.2, -0.15) is 0 Å². The van der Waals surface area contributed by atoms with Crippen LogP contribution in [0, 0.1) is 0 Å². The lowest BCUT2D eigenvalue weighted by Crippen LogP contribution is -2.17. The second-order valence-electron chi connectivity index (χ2n) is 4.29. The van der Waals surface area contributed by atoms with Crippen molar-refractivity contribution in [3.63, 3.8) is 0 Å². The minimum atomic E-state index is -1.31. The third-order valence-electron chi connectivity index (χ3n) is 2.53. The summed E-state index contributed by atoms with van der Waals surface area (Å²) in [5.41, 5.74) is 3.64. The second-order valence-corrected chi connectivity index (χ2v) is 6.30. The average Bonchev–Trinajstić information content (AvgIpc) is 2.40. The Morgan fingerprint density at radius 1 is 1.15 bits per heavy atom. The molecule has 1 aliphatic rings. The van der Waals surface area contributed by atoms with Crippen LogP contribution in [-0.4, -0.2) is 43.1 Å². The van der Waals surface area contributed by atoms with Gasteiger partial charge in [-0.05, 0) is 30.1 Å². The van der Waals surface area contributed by atoms with Crippen molar-refractivity contribution < 1.29 is 24.2 Å². The van der Waals surface area contributed by atoms with Gasteiger partial charge in [-0.1, -0.05) is 30.3 Å². The highest BCUT2D eigenvalue weighted by atomic mass is 28.3. The monoisotopic (exact) mass is 294 g/mol. The van der Waals surface area contributed by atoms with Crippen LogP contribution in [0.2, 0.25) is 6.04 Å². The SMILES string of the molecule is C(/c1ccccc1)=[Si]1/CCCCO1.O=C(O)CC(=O)O. The number of carboxylic acid groups (broad SMARTS) is 2. The van der Waals surface area contributed by atoms with Crippen molar-refractivity contribution in [2.75, 3.05) is 6.61 Å². The van der Waals surface area contributed by atoms with Crippen molar-refractivity contribution in [2.45, 2.75) is 25.3 Å². The summed E-state index contributed by atoms with van der Waals surface area (Å²) in [6, 6.07) is 11.8. The largest absolute Gasteiger partial charge is 0.550 e. The predicted molar refractivity (Wildman–Crippen MR) is 77.2 cm³/mol. The third-order valence-corrected chi connectivity index (χ3v) is 4.61. The van der Waals surface area contributed by atoms with Crippen LogP contribution in [0.1, 0.15) is 24.8 Å². The number of hydrogen-bond acceptors (Lipinski definition) is 3. The van der Waals surface area contributed by atoms with Crippen molar-refractivity contribution in [2.24, 2.45) is 0 Å². The molecule has 1 aromatic carbocycles. The predicted octanol–water partition coefficient (Wildman–Crippen LogP) is 1.77. The zero-order valence-corrected chi connectivity index (χ0v) is 12.1. The Bertz CT molecular complexity index is 450. The van der Waals surface area contributed by atoms with Crippen LogP contribution in [0.4, 0.5) is 0 Å². The molecule has 2 N–H and O–H groups in total. The van der Waals surface area contributed by atoms with Gasteiger partial charge < -0.3 is 14.6 Å². The molecule has 0 aromatic heterocycles. The Morgan fingerprint density at radius 3 is 2.25 bits per heavy atom. The Kier molecular flexibility index (Phi) is 7.27. The van der Waals surface area contributed by atoms with Gasteiger partial charge in [0.15, 0.2) is 0 Å². The van der Waals surface area contributed by atoms with E-state index in [1.54, 1.807) is 0 Å². The molecule has 0 saturated carbocycles. The summed E-state index contributed by atoms with van der Waals surface area (Å²) in [5, 5.41) is 15.4. The van der Waals surface area contributed by atoms with Crippen LogP contribution in [-0.2, 0) is 14.0 Å². The van der Waals surface area contributed by atoms with E-state index in [0.717, 1.165) is 6.61 Å². The van der Waals surface area contributed by atoms with Crippen LogP contribution < -0.4 is 0 Å². The number of rotatable bonds is 3. The number of carboxylic acids is 2. The first-order chi connectivity index (χ1) is 9.58. The summed E-state index contributed by atoms with van der Waals surface area (Å²) >= 11 is 0. The van der Waals surface area contributed by atoms with Crippen molar-refractivity contribution in [1.82, 2.24) is 0 Å². The highest BCUT2D eigenvalue weighted by Gasteiger charge is 2.07. The maximum absolute atomic E-state index is 9.43. The smallest absolute Gasteiger partial charge is 0.314 e. The number of aliphatic carboxylic acids is 2. The zero-order chi connectivity index (χ0) is 14.8. The lowest BCUT2D eigenvalue weighted by molar-refractivity contribution is -0.147. The third kappa shape index (κ3) is 7.47. The van der Waals surface area contributed by atoms with Crippen LogP contribution in [0.3, 0.4) is 0 Å². The molecule has 1 saturated heterocycles. The summed E-state index contributed by atoms with van der Waals surface area (Å²) in [4.78, 5) is 18.9. The maximum atomic E-state index is 9.43. The van der Waals surface area contributed by atoms with E-state index in [-0.39, 0.29) is 0 Å². The standard InChI is InChI=1S/C11H14OSi.C3H4O4/c1-2-6-11(7-3-1)10-13-9-5-4-8-12-13;4-2(5)1-3(6)7/h1-3,6-7,10H,4-5,8-9H2;1H2,(H,4,5)(H,6,7)/b13-10+;. The highest BCUT2D eigenvalue weighted by Crippen LogP contribution is 2.07. The first-order valence-electron chi connectivity index (χ1n) is 6.40. The van der Waals surface area contributed by atoms with E-state index in [9.17, 15) is 9.59 Å². The minimum absolute atomic E-state index is 0.625. The van der Waals surface area contributed by atoms with Crippen molar-refractivity contribution >= 4 is 26.3 Å². The minimum Gasteiger partial charge on any atom is -0.550 e. The summed E-state index contributed by atoms with van der Waals surface area (Å²) in [5.74, 6) is -2.62. The van der Waals surface area contributed by atoms with E-state index >= 15 is 0 Å². The van der Waals surface area contributed by atoms with E-state index in [4.69, 9.17) is 14.6 Å². The topological polar surface area (TPSA) is 83.8 Å². The van der Waals surface area contributed by atoms with E-state index in [0.29, 0.717) is 0 Å². The molecule has 1 fully saturated rings. The molecule has 0 aliphatic carbocycles. The molecule has 0 bridgehead atoms. The summed E-state index contributed by atoms with van der Waals surface area (Å²) in [6.07, 6.45) is 1.79. The fraction of sp³-hybridized carbons (Fsp3) is 0.357. The fourth-order valence-electron chi connectivity index (χ4n) is 1.66. The molecule has 0 atom stereocenters. The van der Waals surface area contributed by atoms with E-state index in [2.05, 4.69) is 36.0 Å². The van der Waals surface area contributed by atoms with Gasteiger partial charge in [-0.3, -0.25) is 9.59 Å². The molecule has 1 aliphatic heterocycles. The van der Waals surface area contributed by atoms with Crippen molar-refractivity contribution in [3.05, 3.63) is 35.9 Å². The Labute approximate surface area is 119 Å². The molecule has 5 nitrogen and oxygen atoms in total. The summed E-state index contributed by atoms with van der Waals surface area (Å²) < 4.78 is 5.73. The number of carbonyl (C=O) groups is 2. The molecule has 20 heavy (non-hydrogen) atoms. The average molecular weight is 294 g/mol. The van der Waals surface area contributed by atoms with Crippen molar-refractivity contribution in [1.29, 1.82) is 0 Å². The van der Waals surface area contributed by atoms with E-state index < -0.39 is 27.0 Å². The van der Waals surface area contributed by atoms with E-state index in [1.165, 1.54) is 24.4 Å². The first kappa shape index (κ1) is 16.1. The van der Waals surface area contributed by atoms with Gasteiger partial charge in [0.2, 0.25) is 8.65 Å². The normalized spacial score (nSPS) is 15.7. The molecule has 108 valence electrons. The van der Waals surface area contributed by atoms with Crippen LogP contribution in [0.15, 0.2) is 30.3 Å². The van der Waals surface area contributed by atoms with Gasteiger partial charge in [0.05, 0.1) is 6.61 Å².